The molecule has 2 N–H and O–H groups in total. The second-order valence-electron chi connectivity index (χ2n) is 3.27. The van der Waals surface area contributed by atoms with Crippen LogP contribution in [-0.4, -0.2) is 20.2 Å². The SMILES string of the molecule is COC(=O)C[C@H](N)c1ccc(OC)cc1Br. The lowest BCUT2D eigenvalue weighted by Crippen LogP contribution is -2.16. The summed E-state index contributed by atoms with van der Waals surface area (Å²) in [6.07, 6.45) is 0.154. The predicted octanol–water partition coefficient (Wildman–Crippen LogP) is 2.02. The summed E-state index contributed by atoms with van der Waals surface area (Å²) in [7, 11) is 2.94. The maximum atomic E-state index is 11.1. The summed E-state index contributed by atoms with van der Waals surface area (Å²) in [6, 6.07) is 5.06. The second-order valence-corrected chi connectivity index (χ2v) is 4.13. The van der Waals surface area contributed by atoms with Gasteiger partial charge < -0.3 is 15.2 Å². The number of nitrogens with two attached hydrogens (primary N) is 1. The number of carbonyl (C=O) groups excluding carboxylic acids is 1. The molecule has 0 bridgehead atoms. The summed E-state index contributed by atoms with van der Waals surface area (Å²) >= 11 is 3.39. The van der Waals surface area contributed by atoms with E-state index in [1.54, 1.807) is 13.2 Å². The van der Waals surface area contributed by atoms with E-state index in [9.17, 15) is 4.79 Å². The van der Waals surface area contributed by atoms with Crippen LogP contribution < -0.4 is 10.5 Å². The van der Waals surface area contributed by atoms with Crippen molar-refractivity contribution in [3.8, 4) is 5.75 Å². The van der Waals surface area contributed by atoms with Gasteiger partial charge >= 0.3 is 5.97 Å². The molecule has 88 valence electrons. The van der Waals surface area contributed by atoms with Gasteiger partial charge in [-0.3, -0.25) is 4.79 Å². The zero-order valence-electron chi connectivity index (χ0n) is 9.20. The molecule has 0 amide bonds. The van der Waals surface area contributed by atoms with Crippen LogP contribution in [0.5, 0.6) is 5.75 Å². The molecular formula is C11H14BrNO3. The molecule has 4 nitrogen and oxygen atoms in total. The number of esters is 1. The lowest BCUT2D eigenvalue weighted by Gasteiger charge is -2.13. The Morgan fingerprint density at radius 3 is 2.69 bits per heavy atom. The van der Waals surface area contributed by atoms with Gasteiger partial charge in [-0.05, 0) is 17.7 Å². The number of rotatable bonds is 4. The standard InChI is InChI=1S/C11H14BrNO3/c1-15-7-3-4-8(9(12)5-7)10(13)6-11(14)16-2/h3-5,10H,6,13H2,1-2H3/t10-/m0/s1. The fraction of sp³-hybridized carbons (Fsp3) is 0.364. The molecule has 5 heteroatoms. The molecule has 0 unspecified atom stereocenters. The number of hydrogen-bond acceptors (Lipinski definition) is 4. The highest BCUT2D eigenvalue weighted by atomic mass is 79.9. The average Bonchev–Trinajstić information content (AvgIpc) is 2.28. The largest absolute Gasteiger partial charge is 0.497 e. The molecule has 0 aliphatic heterocycles. The molecule has 1 rings (SSSR count). The Balaban J connectivity index is 2.83. The van der Waals surface area contributed by atoms with Gasteiger partial charge in [-0.25, -0.2) is 0 Å². The minimum absolute atomic E-state index is 0.154. The van der Waals surface area contributed by atoms with Crippen LogP contribution in [0, 0.1) is 0 Å². The van der Waals surface area contributed by atoms with E-state index in [1.165, 1.54) is 7.11 Å². The number of benzene rings is 1. The minimum Gasteiger partial charge on any atom is -0.497 e. The summed E-state index contributed by atoms with van der Waals surface area (Å²) in [5.74, 6) is 0.413. The van der Waals surface area contributed by atoms with Crippen molar-refractivity contribution in [1.29, 1.82) is 0 Å². The summed E-state index contributed by atoms with van der Waals surface area (Å²) < 4.78 is 10.5. The molecule has 16 heavy (non-hydrogen) atoms. The second kappa shape index (κ2) is 5.86. The van der Waals surface area contributed by atoms with Crippen LogP contribution >= 0.6 is 15.9 Å². The van der Waals surface area contributed by atoms with Crippen molar-refractivity contribution in [2.24, 2.45) is 5.73 Å². The first-order valence-electron chi connectivity index (χ1n) is 4.74. The van der Waals surface area contributed by atoms with E-state index in [1.807, 2.05) is 12.1 Å². The van der Waals surface area contributed by atoms with E-state index in [-0.39, 0.29) is 18.4 Å². The van der Waals surface area contributed by atoms with Gasteiger partial charge in [0.15, 0.2) is 0 Å². The Kier molecular flexibility index (Phi) is 4.76. The highest BCUT2D eigenvalue weighted by Gasteiger charge is 2.14. The van der Waals surface area contributed by atoms with Gasteiger partial charge in [0.25, 0.3) is 0 Å². The Hall–Kier alpha value is -1.07. The first-order chi connectivity index (χ1) is 7.58. The lowest BCUT2D eigenvalue weighted by atomic mass is 10.0. The fourth-order valence-electron chi connectivity index (χ4n) is 1.31. The van der Waals surface area contributed by atoms with E-state index in [0.29, 0.717) is 0 Å². The Bertz CT molecular complexity index is 381. The third-order valence-electron chi connectivity index (χ3n) is 2.22. The van der Waals surface area contributed by atoms with Gasteiger partial charge in [-0.2, -0.15) is 0 Å². The number of hydrogen-bond donors (Lipinski definition) is 1. The van der Waals surface area contributed by atoms with E-state index >= 15 is 0 Å². The first-order valence-corrected chi connectivity index (χ1v) is 5.53. The Morgan fingerprint density at radius 2 is 2.19 bits per heavy atom. The van der Waals surface area contributed by atoms with Crippen LogP contribution in [0.25, 0.3) is 0 Å². The molecule has 1 aromatic rings. The van der Waals surface area contributed by atoms with Crippen LogP contribution in [-0.2, 0) is 9.53 Å². The highest BCUT2D eigenvalue weighted by Crippen LogP contribution is 2.28. The number of carbonyl (C=O) groups is 1. The maximum absolute atomic E-state index is 11.1. The summed E-state index contributed by atoms with van der Waals surface area (Å²) in [5, 5.41) is 0. The lowest BCUT2D eigenvalue weighted by molar-refractivity contribution is -0.141. The summed E-state index contributed by atoms with van der Waals surface area (Å²) in [4.78, 5) is 11.1. The van der Waals surface area contributed by atoms with Crippen molar-refractivity contribution < 1.29 is 14.3 Å². The van der Waals surface area contributed by atoms with Crippen LogP contribution in [0.1, 0.15) is 18.0 Å². The quantitative estimate of drug-likeness (QED) is 0.861. The summed E-state index contributed by atoms with van der Waals surface area (Å²) in [6.45, 7) is 0. The highest BCUT2D eigenvalue weighted by molar-refractivity contribution is 9.10. The fourth-order valence-corrected chi connectivity index (χ4v) is 1.96. The monoisotopic (exact) mass is 287 g/mol. The molecule has 0 heterocycles. The predicted molar refractivity (Wildman–Crippen MR) is 64.3 cm³/mol. The molecule has 0 aromatic heterocycles. The molecule has 0 fully saturated rings. The normalized spacial score (nSPS) is 12.0. The number of methoxy groups -OCH3 is 2. The molecule has 0 saturated heterocycles. The van der Waals surface area contributed by atoms with Crippen molar-refractivity contribution in [3.05, 3.63) is 28.2 Å². The van der Waals surface area contributed by atoms with Gasteiger partial charge in [0.1, 0.15) is 5.75 Å². The van der Waals surface area contributed by atoms with Crippen molar-refractivity contribution in [2.45, 2.75) is 12.5 Å². The van der Waals surface area contributed by atoms with Gasteiger partial charge in [-0.15, -0.1) is 0 Å². The third kappa shape index (κ3) is 3.21. The van der Waals surface area contributed by atoms with Gasteiger partial charge in [-0.1, -0.05) is 22.0 Å². The molecule has 0 spiro atoms. The molecule has 0 saturated carbocycles. The van der Waals surface area contributed by atoms with E-state index < -0.39 is 0 Å². The molecule has 0 aliphatic rings. The first kappa shape index (κ1) is 13.0. The van der Waals surface area contributed by atoms with E-state index in [2.05, 4.69) is 20.7 Å². The summed E-state index contributed by atoms with van der Waals surface area (Å²) in [5.41, 5.74) is 6.75. The topological polar surface area (TPSA) is 61.5 Å². The van der Waals surface area contributed by atoms with Crippen molar-refractivity contribution in [2.75, 3.05) is 14.2 Å². The van der Waals surface area contributed by atoms with Crippen LogP contribution in [0.15, 0.2) is 22.7 Å². The van der Waals surface area contributed by atoms with Crippen LogP contribution in [0.3, 0.4) is 0 Å². The number of ether oxygens (including phenoxy) is 2. The van der Waals surface area contributed by atoms with Crippen LogP contribution in [0.4, 0.5) is 0 Å². The maximum Gasteiger partial charge on any atom is 0.307 e. The van der Waals surface area contributed by atoms with E-state index in [0.717, 1.165) is 15.8 Å². The van der Waals surface area contributed by atoms with Crippen molar-refractivity contribution in [3.63, 3.8) is 0 Å². The van der Waals surface area contributed by atoms with E-state index in [4.69, 9.17) is 10.5 Å². The Labute approximate surface area is 103 Å². The molecular weight excluding hydrogens is 274 g/mol. The Morgan fingerprint density at radius 1 is 1.50 bits per heavy atom. The third-order valence-corrected chi connectivity index (χ3v) is 2.91. The van der Waals surface area contributed by atoms with Gasteiger partial charge in [0.05, 0.1) is 20.6 Å². The molecule has 1 aromatic carbocycles. The van der Waals surface area contributed by atoms with Crippen molar-refractivity contribution >= 4 is 21.9 Å². The van der Waals surface area contributed by atoms with Gasteiger partial charge in [0, 0.05) is 10.5 Å². The van der Waals surface area contributed by atoms with Gasteiger partial charge in [0.2, 0.25) is 0 Å². The molecule has 0 radical (unpaired) electrons. The molecule has 1 atom stereocenters. The zero-order valence-corrected chi connectivity index (χ0v) is 10.8. The molecule has 0 aliphatic carbocycles. The minimum atomic E-state index is -0.382. The van der Waals surface area contributed by atoms with Crippen LogP contribution in [0.2, 0.25) is 0 Å². The zero-order chi connectivity index (χ0) is 12.1. The van der Waals surface area contributed by atoms with Crippen molar-refractivity contribution in [1.82, 2.24) is 0 Å². The average molecular weight is 288 g/mol. The number of halogens is 1. The smallest absolute Gasteiger partial charge is 0.307 e.